The highest BCUT2D eigenvalue weighted by Crippen LogP contribution is 2.43. The molecule has 3 unspecified atom stereocenters. The first kappa shape index (κ1) is 12.0. The van der Waals surface area contributed by atoms with E-state index in [0.717, 1.165) is 24.3 Å². The summed E-state index contributed by atoms with van der Waals surface area (Å²) in [6.07, 6.45) is 4.01. The summed E-state index contributed by atoms with van der Waals surface area (Å²) in [5.41, 5.74) is 2.58. The molecule has 0 radical (unpaired) electrons. The minimum absolute atomic E-state index is 0.224. The topological polar surface area (TPSA) is 29.1 Å². The molecule has 1 aromatic carbocycles. The van der Waals surface area contributed by atoms with Crippen molar-refractivity contribution >= 4 is 17.5 Å². The first-order valence-electron chi connectivity index (χ1n) is 6.69. The smallest absolute Gasteiger partial charge is 0.220 e. The van der Waals surface area contributed by atoms with Gasteiger partial charge in [0.15, 0.2) is 0 Å². The number of halogens is 1. The molecule has 0 aromatic heterocycles. The van der Waals surface area contributed by atoms with Gasteiger partial charge in [-0.2, -0.15) is 0 Å². The zero-order valence-electron chi connectivity index (χ0n) is 10.6. The van der Waals surface area contributed by atoms with E-state index in [4.69, 9.17) is 11.6 Å². The molecule has 0 bridgehead atoms. The van der Waals surface area contributed by atoms with Crippen LogP contribution in [0.3, 0.4) is 0 Å². The first-order chi connectivity index (χ1) is 8.65. The van der Waals surface area contributed by atoms with Crippen LogP contribution in [0.5, 0.6) is 0 Å². The minimum Gasteiger partial charge on any atom is -0.353 e. The molecule has 1 N–H and O–H groups in total. The Morgan fingerprint density at radius 2 is 2.17 bits per heavy atom. The number of benzene rings is 1. The summed E-state index contributed by atoms with van der Waals surface area (Å²) >= 11 is 6.35. The predicted octanol–water partition coefficient (Wildman–Crippen LogP) is 3.42. The van der Waals surface area contributed by atoms with Gasteiger partial charge in [0.05, 0.1) is 0 Å². The van der Waals surface area contributed by atoms with Crippen molar-refractivity contribution in [3.05, 3.63) is 34.3 Å². The van der Waals surface area contributed by atoms with Gasteiger partial charge >= 0.3 is 0 Å². The monoisotopic (exact) mass is 263 g/mol. The van der Waals surface area contributed by atoms with Gasteiger partial charge in [-0.1, -0.05) is 23.7 Å². The Balaban J connectivity index is 1.84. The summed E-state index contributed by atoms with van der Waals surface area (Å²) in [6, 6.07) is 6.53. The van der Waals surface area contributed by atoms with Gasteiger partial charge in [-0.25, -0.2) is 0 Å². The number of nitrogens with one attached hydrogen (secondary N) is 1. The van der Waals surface area contributed by atoms with E-state index >= 15 is 0 Å². The Hall–Kier alpha value is -1.02. The zero-order valence-corrected chi connectivity index (χ0v) is 11.3. The lowest BCUT2D eigenvalue weighted by atomic mass is 9.75. The van der Waals surface area contributed by atoms with Crippen LogP contribution in [-0.4, -0.2) is 11.9 Å². The molecule has 18 heavy (non-hydrogen) atoms. The van der Waals surface area contributed by atoms with Crippen molar-refractivity contribution in [2.75, 3.05) is 0 Å². The van der Waals surface area contributed by atoms with E-state index in [-0.39, 0.29) is 5.91 Å². The van der Waals surface area contributed by atoms with Gasteiger partial charge in [-0.15, -0.1) is 0 Å². The van der Waals surface area contributed by atoms with Crippen LogP contribution in [0.1, 0.15) is 42.7 Å². The summed E-state index contributed by atoms with van der Waals surface area (Å²) in [6.45, 7) is 2.13. The molecule has 3 atom stereocenters. The molecule has 2 aliphatic rings. The summed E-state index contributed by atoms with van der Waals surface area (Å²) in [5, 5.41) is 3.97. The van der Waals surface area contributed by atoms with Crippen molar-refractivity contribution < 1.29 is 4.79 Å². The van der Waals surface area contributed by atoms with Crippen molar-refractivity contribution in [2.45, 2.75) is 44.6 Å². The maximum Gasteiger partial charge on any atom is 0.220 e. The van der Waals surface area contributed by atoms with E-state index in [0.29, 0.717) is 24.3 Å². The molecule has 2 fully saturated rings. The molecule has 1 saturated carbocycles. The number of carbonyl (C=O) groups excluding carboxylic acids is 1. The van der Waals surface area contributed by atoms with E-state index in [1.165, 1.54) is 11.1 Å². The maximum absolute atomic E-state index is 11.4. The molecule has 3 heteroatoms. The summed E-state index contributed by atoms with van der Waals surface area (Å²) in [4.78, 5) is 11.4. The molecule has 1 aromatic rings. The fraction of sp³-hybridized carbons (Fsp3) is 0.533. The zero-order chi connectivity index (χ0) is 12.7. The van der Waals surface area contributed by atoms with Crippen LogP contribution in [0, 0.1) is 12.8 Å². The van der Waals surface area contributed by atoms with Gasteiger partial charge in [0, 0.05) is 17.5 Å². The number of aryl methyl sites for hydroxylation is 1. The second-order valence-corrected chi connectivity index (χ2v) is 6.03. The highest BCUT2D eigenvalue weighted by atomic mass is 35.5. The molecule has 1 aliphatic heterocycles. The quantitative estimate of drug-likeness (QED) is 0.827. The van der Waals surface area contributed by atoms with E-state index in [9.17, 15) is 4.79 Å². The molecular weight excluding hydrogens is 246 g/mol. The van der Waals surface area contributed by atoms with E-state index in [1.54, 1.807) is 0 Å². The van der Waals surface area contributed by atoms with Crippen LogP contribution in [-0.2, 0) is 4.79 Å². The second-order valence-electron chi connectivity index (χ2n) is 5.62. The number of hydrogen-bond acceptors (Lipinski definition) is 1. The predicted molar refractivity (Wildman–Crippen MR) is 72.8 cm³/mol. The Morgan fingerprint density at radius 3 is 2.94 bits per heavy atom. The summed E-state index contributed by atoms with van der Waals surface area (Å²) < 4.78 is 0. The largest absolute Gasteiger partial charge is 0.353 e. The lowest BCUT2D eigenvalue weighted by molar-refractivity contribution is -0.119. The van der Waals surface area contributed by atoms with Crippen LogP contribution in [0.4, 0.5) is 0 Å². The SMILES string of the molecule is Cc1cccc(Cl)c1C1CCC2NC(=O)CC2C1. The fourth-order valence-corrected chi connectivity index (χ4v) is 3.98. The lowest BCUT2D eigenvalue weighted by Crippen LogP contribution is -2.33. The van der Waals surface area contributed by atoms with Crippen molar-refractivity contribution in [3.63, 3.8) is 0 Å². The fourth-order valence-electron chi connectivity index (χ4n) is 3.61. The van der Waals surface area contributed by atoms with Crippen LogP contribution in [0.25, 0.3) is 0 Å². The highest BCUT2D eigenvalue weighted by Gasteiger charge is 2.38. The third kappa shape index (κ3) is 2.03. The molecule has 1 heterocycles. The number of rotatable bonds is 1. The van der Waals surface area contributed by atoms with Gasteiger partial charge in [0.2, 0.25) is 5.91 Å². The van der Waals surface area contributed by atoms with Gasteiger partial charge in [0.1, 0.15) is 0 Å². The third-order valence-electron chi connectivity index (χ3n) is 4.46. The molecule has 1 aliphatic carbocycles. The Bertz CT molecular complexity index is 465. The average molecular weight is 264 g/mol. The highest BCUT2D eigenvalue weighted by molar-refractivity contribution is 6.31. The van der Waals surface area contributed by atoms with Crippen molar-refractivity contribution in [1.29, 1.82) is 0 Å². The summed E-state index contributed by atoms with van der Waals surface area (Å²) in [7, 11) is 0. The number of amides is 1. The number of carbonyl (C=O) groups is 1. The first-order valence-corrected chi connectivity index (χ1v) is 7.07. The average Bonchev–Trinajstić information content (AvgIpc) is 2.68. The second kappa shape index (κ2) is 4.58. The molecule has 0 spiro atoms. The van der Waals surface area contributed by atoms with Crippen molar-refractivity contribution in [1.82, 2.24) is 5.32 Å². The molecular formula is C15H18ClNO. The number of fused-ring (bicyclic) bond motifs is 1. The van der Waals surface area contributed by atoms with Gasteiger partial charge in [-0.3, -0.25) is 4.79 Å². The Labute approximate surface area is 113 Å². The van der Waals surface area contributed by atoms with Gasteiger partial charge < -0.3 is 5.32 Å². The van der Waals surface area contributed by atoms with Gasteiger partial charge in [0.25, 0.3) is 0 Å². The van der Waals surface area contributed by atoms with Crippen molar-refractivity contribution in [3.8, 4) is 0 Å². The van der Waals surface area contributed by atoms with Gasteiger partial charge in [-0.05, 0) is 55.2 Å². The normalized spacial score (nSPS) is 31.0. The van der Waals surface area contributed by atoms with Crippen LogP contribution in [0.15, 0.2) is 18.2 Å². The summed E-state index contributed by atoms with van der Waals surface area (Å²) in [5.74, 6) is 1.25. The molecule has 3 rings (SSSR count). The maximum atomic E-state index is 11.4. The third-order valence-corrected chi connectivity index (χ3v) is 4.79. The Kier molecular flexibility index (Phi) is 3.06. The van der Waals surface area contributed by atoms with Crippen LogP contribution in [0.2, 0.25) is 5.02 Å². The number of hydrogen-bond donors (Lipinski definition) is 1. The van der Waals surface area contributed by atoms with Crippen LogP contribution < -0.4 is 5.32 Å². The van der Waals surface area contributed by atoms with E-state index < -0.39 is 0 Å². The Morgan fingerprint density at radius 1 is 1.33 bits per heavy atom. The molecule has 1 amide bonds. The lowest BCUT2D eigenvalue weighted by Gasteiger charge is -2.32. The molecule has 2 nitrogen and oxygen atoms in total. The minimum atomic E-state index is 0.224. The molecule has 96 valence electrons. The van der Waals surface area contributed by atoms with E-state index in [2.05, 4.69) is 18.3 Å². The standard InChI is InChI=1S/C15H18ClNO/c1-9-3-2-4-12(16)15(9)10-5-6-13-11(7-10)8-14(18)17-13/h2-4,10-11,13H,5-8H2,1H3,(H,17,18). The van der Waals surface area contributed by atoms with Crippen LogP contribution >= 0.6 is 11.6 Å². The molecule has 1 saturated heterocycles. The van der Waals surface area contributed by atoms with Crippen molar-refractivity contribution in [2.24, 2.45) is 5.92 Å². The van der Waals surface area contributed by atoms with E-state index in [1.807, 2.05) is 12.1 Å².